The molecule has 3 rings (SSSR count). The SMILES string of the molecule is Cc1cc(F)ccc1-c1nc(N(C(N)=O)c2c(C)cccc2Cl)ccc1CO. The molecule has 0 aliphatic rings. The monoisotopic (exact) mass is 399 g/mol. The molecule has 0 saturated carbocycles. The smallest absolute Gasteiger partial charge is 0.325 e. The van der Waals surface area contributed by atoms with Gasteiger partial charge in [-0.1, -0.05) is 29.8 Å². The topological polar surface area (TPSA) is 79.5 Å². The number of carbonyl (C=O) groups is 1. The summed E-state index contributed by atoms with van der Waals surface area (Å²) in [6.45, 7) is 3.30. The Morgan fingerprint density at radius 3 is 2.54 bits per heavy atom. The maximum atomic E-state index is 13.5. The quantitative estimate of drug-likeness (QED) is 0.657. The number of halogens is 2. The fraction of sp³-hybridized carbons (Fsp3) is 0.143. The molecule has 3 N–H and O–H groups in total. The Morgan fingerprint density at radius 1 is 1.18 bits per heavy atom. The first kappa shape index (κ1) is 19.8. The third-order valence-electron chi connectivity index (χ3n) is 4.44. The fourth-order valence-corrected chi connectivity index (χ4v) is 3.41. The van der Waals surface area contributed by atoms with Crippen molar-refractivity contribution in [2.24, 2.45) is 5.73 Å². The highest BCUT2D eigenvalue weighted by Gasteiger charge is 2.23. The van der Waals surface area contributed by atoms with Crippen LogP contribution in [-0.2, 0) is 6.61 Å². The van der Waals surface area contributed by atoms with Crippen molar-refractivity contribution < 1.29 is 14.3 Å². The van der Waals surface area contributed by atoms with Crippen LogP contribution < -0.4 is 10.6 Å². The number of aliphatic hydroxyl groups excluding tert-OH is 1. The summed E-state index contributed by atoms with van der Waals surface area (Å²) in [4.78, 5) is 18.1. The molecule has 0 radical (unpaired) electrons. The Balaban J connectivity index is 2.23. The van der Waals surface area contributed by atoms with Gasteiger partial charge in [0, 0.05) is 11.1 Å². The zero-order chi connectivity index (χ0) is 20.4. The molecule has 0 atom stereocenters. The molecule has 2 amide bonds. The average molecular weight is 400 g/mol. The molecular formula is C21H19ClFN3O2. The lowest BCUT2D eigenvalue weighted by molar-refractivity contribution is 0.256. The summed E-state index contributed by atoms with van der Waals surface area (Å²) in [5.74, 6) is -0.118. The number of rotatable bonds is 4. The van der Waals surface area contributed by atoms with Crippen LogP contribution in [0.5, 0.6) is 0 Å². The van der Waals surface area contributed by atoms with Crippen LogP contribution in [0.1, 0.15) is 16.7 Å². The molecule has 0 bridgehead atoms. The van der Waals surface area contributed by atoms with E-state index in [4.69, 9.17) is 17.3 Å². The van der Waals surface area contributed by atoms with Crippen LogP contribution in [0.15, 0.2) is 48.5 Å². The van der Waals surface area contributed by atoms with Crippen molar-refractivity contribution in [2.75, 3.05) is 4.90 Å². The summed E-state index contributed by atoms with van der Waals surface area (Å²) in [6, 6.07) is 12.0. The number of aromatic nitrogens is 1. The van der Waals surface area contributed by atoms with Crippen molar-refractivity contribution in [3.63, 3.8) is 0 Å². The minimum atomic E-state index is -0.748. The van der Waals surface area contributed by atoms with Gasteiger partial charge in [-0.25, -0.2) is 19.1 Å². The minimum absolute atomic E-state index is 0.250. The molecule has 3 aromatic rings. The first-order valence-corrected chi connectivity index (χ1v) is 8.93. The molecule has 0 unspecified atom stereocenters. The minimum Gasteiger partial charge on any atom is -0.392 e. The maximum absolute atomic E-state index is 13.5. The van der Waals surface area contributed by atoms with E-state index in [0.717, 1.165) is 5.56 Å². The Kier molecular flexibility index (Phi) is 5.63. The number of pyridine rings is 1. The summed E-state index contributed by atoms with van der Waals surface area (Å²) in [6.07, 6.45) is 0. The highest BCUT2D eigenvalue weighted by Crippen LogP contribution is 2.36. The second-order valence-electron chi connectivity index (χ2n) is 6.37. The Morgan fingerprint density at radius 2 is 1.93 bits per heavy atom. The van der Waals surface area contributed by atoms with E-state index in [1.54, 1.807) is 37.3 Å². The highest BCUT2D eigenvalue weighted by molar-refractivity contribution is 6.34. The number of urea groups is 1. The molecule has 0 saturated heterocycles. The number of benzene rings is 2. The summed E-state index contributed by atoms with van der Waals surface area (Å²) in [5, 5.41) is 10.1. The number of para-hydroxylation sites is 1. The van der Waals surface area contributed by atoms with E-state index in [1.807, 2.05) is 13.0 Å². The van der Waals surface area contributed by atoms with Crippen LogP contribution in [0.3, 0.4) is 0 Å². The number of carbonyl (C=O) groups excluding carboxylic acids is 1. The third kappa shape index (κ3) is 3.69. The zero-order valence-corrected chi connectivity index (χ0v) is 16.2. The highest BCUT2D eigenvalue weighted by atomic mass is 35.5. The van der Waals surface area contributed by atoms with Crippen LogP contribution in [0.4, 0.5) is 20.7 Å². The number of nitrogens with two attached hydrogens (primary N) is 1. The van der Waals surface area contributed by atoms with Gasteiger partial charge in [0.15, 0.2) is 0 Å². The van der Waals surface area contributed by atoms with Crippen molar-refractivity contribution >= 4 is 29.1 Å². The maximum Gasteiger partial charge on any atom is 0.325 e. The lowest BCUT2D eigenvalue weighted by atomic mass is 10.0. The van der Waals surface area contributed by atoms with Gasteiger partial charge in [-0.2, -0.15) is 0 Å². The number of hydrogen-bond acceptors (Lipinski definition) is 3. The molecule has 0 fully saturated rings. The summed E-state index contributed by atoms with van der Waals surface area (Å²) < 4.78 is 13.5. The van der Waals surface area contributed by atoms with E-state index < -0.39 is 6.03 Å². The number of anilines is 2. The van der Waals surface area contributed by atoms with E-state index >= 15 is 0 Å². The lowest BCUT2D eigenvalue weighted by Crippen LogP contribution is -2.33. The number of primary amides is 1. The Hall–Kier alpha value is -2.96. The van der Waals surface area contributed by atoms with Gasteiger partial charge in [0.05, 0.1) is 23.0 Å². The zero-order valence-electron chi connectivity index (χ0n) is 15.4. The van der Waals surface area contributed by atoms with Gasteiger partial charge in [0.25, 0.3) is 0 Å². The molecule has 7 heteroatoms. The third-order valence-corrected chi connectivity index (χ3v) is 4.74. The summed E-state index contributed by atoms with van der Waals surface area (Å²) in [5.41, 5.74) is 9.10. The number of amides is 2. The number of nitrogens with zero attached hydrogens (tertiary/aromatic N) is 2. The fourth-order valence-electron chi connectivity index (χ4n) is 3.10. The molecule has 0 aliphatic carbocycles. The lowest BCUT2D eigenvalue weighted by Gasteiger charge is -2.24. The summed E-state index contributed by atoms with van der Waals surface area (Å²) >= 11 is 6.32. The van der Waals surface area contributed by atoms with Gasteiger partial charge in [-0.05, 0) is 55.3 Å². The molecule has 0 aliphatic heterocycles. The van der Waals surface area contributed by atoms with E-state index in [0.29, 0.717) is 33.1 Å². The normalized spacial score (nSPS) is 10.8. The van der Waals surface area contributed by atoms with Crippen LogP contribution in [0.25, 0.3) is 11.3 Å². The van der Waals surface area contributed by atoms with Crippen molar-refractivity contribution in [3.8, 4) is 11.3 Å². The van der Waals surface area contributed by atoms with Gasteiger partial charge in [0.1, 0.15) is 11.6 Å². The first-order valence-electron chi connectivity index (χ1n) is 8.55. The van der Waals surface area contributed by atoms with Gasteiger partial charge < -0.3 is 10.8 Å². The number of aryl methyl sites for hydroxylation is 2. The van der Waals surface area contributed by atoms with Gasteiger partial charge in [-0.15, -0.1) is 0 Å². The van der Waals surface area contributed by atoms with E-state index in [2.05, 4.69) is 4.98 Å². The van der Waals surface area contributed by atoms with Crippen LogP contribution in [0.2, 0.25) is 5.02 Å². The van der Waals surface area contributed by atoms with E-state index in [1.165, 1.54) is 17.0 Å². The predicted octanol–water partition coefficient (Wildman–Crippen LogP) is 4.87. The second kappa shape index (κ2) is 7.96. The molecule has 5 nitrogen and oxygen atoms in total. The first-order chi connectivity index (χ1) is 13.3. The standard InChI is InChI=1S/C21H19ClFN3O2/c1-12-4-3-5-17(22)20(12)26(21(24)28)18-9-6-14(11-27)19(25-18)16-8-7-15(23)10-13(16)2/h3-10,27H,11H2,1-2H3,(H2,24,28). The van der Waals surface area contributed by atoms with Gasteiger partial charge in [-0.3, -0.25) is 0 Å². The Bertz CT molecular complexity index is 1040. The van der Waals surface area contributed by atoms with Crippen LogP contribution >= 0.6 is 11.6 Å². The van der Waals surface area contributed by atoms with Crippen molar-refractivity contribution in [1.82, 2.24) is 4.98 Å². The molecule has 144 valence electrons. The number of hydrogen-bond donors (Lipinski definition) is 2. The molecule has 0 spiro atoms. The molecule has 1 heterocycles. The molecule has 2 aromatic carbocycles. The van der Waals surface area contributed by atoms with Gasteiger partial charge >= 0.3 is 6.03 Å². The van der Waals surface area contributed by atoms with E-state index in [-0.39, 0.29) is 18.2 Å². The average Bonchev–Trinajstić information content (AvgIpc) is 2.64. The van der Waals surface area contributed by atoms with E-state index in [9.17, 15) is 14.3 Å². The number of aliphatic hydroxyl groups is 1. The van der Waals surface area contributed by atoms with Crippen molar-refractivity contribution in [2.45, 2.75) is 20.5 Å². The molecule has 28 heavy (non-hydrogen) atoms. The molecule has 1 aromatic heterocycles. The largest absolute Gasteiger partial charge is 0.392 e. The second-order valence-corrected chi connectivity index (χ2v) is 6.78. The van der Waals surface area contributed by atoms with Crippen molar-refractivity contribution in [3.05, 3.63) is 76.1 Å². The van der Waals surface area contributed by atoms with Crippen LogP contribution in [-0.4, -0.2) is 16.1 Å². The van der Waals surface area contributed by atoms with Crippen molar-refractivity contribution in [1.29, 1.82) is 0 Å². The molecular weight excluding hydrogens is 381 g/mol. The summed E-state index contributed by atoms with van der Waals surface area (Å²) in [7, 11) is 0. The Labute approximate surface area is 167 Å². The van der Waals surface area contributed by atoms with Crippen LogP contribution in [0, 0.1) is 19.7 Å². The predicted molar refractivity (Wildman–Crippen MR) is 108 cm³/mol. The van der Waals surface area contributed by atoms with Gasteiger partial charge in [0.2, 0.25) is 0 Å².